The van der Waals surface area contributed by atoms with Gasteiger partial charge < -0.3 is 4.74 Å². The number of hydrogen-bond acceptors (Lipinski definition) is 7. The van der Waals surface area contributed by atoms with E-state index in [0.29, 0.717) is 23.4 Å². The van der Waals surface area contributed by atoms with Crippen LogP contribution in [0.1, 0.15) is 31.3 Å². The molecule has 0 saturated carbocycles. The molecule has 3 aromatic rings. The summed E-state index contributed by atoms with van der Waals surface area (Å²) >= 11 is 1.38. The Hall–Kier alpha value is -3.14. The monoisotopic (exact) mass is 414 g/mol. The van der Waals surface area contributed by atoms with Crippen molar-refractivity contribution in [3.8, 4) is 5.75 Å². The maximum Gasteiger partial charge on any atom is 0.307 e. The van der Waals surface area contributed by atoms with Crippen LogP contribution in [-0.2, 0) is 18.8 Å². The molecule has 29 heavy (non-hydrogen) atoms. The third-order valence-corrected chi connectivity index (χ3v) is 5.18. The van der Waals surface area contributed by atoms with Crippen molar-refractivity contribution in [1.29, 1.82) is 0 Å². The minimum Gasteiger partial charge on any atom is -0.483 e. The second-order valence-electron chi connectivity index (χ2n) is 6.27. The molecule has 1 aromatic carbocycles. The molecule has 152 valence electrons. The van der Waals surface area contributed by atoms with Crippen molar-refractivity contribution in [2.24, 2.45) is 0 Å². The first-order chi connectivity index (χ1) is 14.0. The molecule has 0 bridgehead atoms. The second kappa shape index (κ2) is 9.37. The van der Waals surface area contributed by atoms with Crippen molar-refractivity contribution in [3.63, 3.8) is 0 Å². The molecule has 0 amide bonds. The average Bonchev–Trinajstić information content (AvgIpc) is 3.34. The van der Waals surface area contributed by atoms with E-state index in [1.807, 2.05) is 35.8 Å². The molecule has 1 unspecified atom stereocenters. The molecule has 3 rings (SSSR count). The highest BCUT2D eigenvalue weighted by molar-refractivity contribution is 7.98. The Balaban J connectivity index is 1.72. The van der Waals surface area contributed by atoms with E-state index in [4.69, 9.17) is 4.74 Å². The van der Waals surface area contributed by atoms with E-state index in [0.717, 1.165) is 12.2 Å². The fourth-order valence-corrected chi connectivity index (χ4v) is 3.52. The molecule has 2 aromatic heterocycles. The largest absolute Gasteiger partial charge is 0.483 e. The first-order valence-electron chi connectivity index (χ1n) is 9.11. The van der Waals surface area contributed by atoms with Gasteiger partial charge in [0, 0.05) is 6.54 Å². The highest BCUT2D eigenvalue weighted by Gasteiger charge is 2.19. The summed E-state index contributed by atoms with van der Waals surface area (Å²) in [5.74, 6) is 1.82. The van der Waals surface area contributed by atoms with Crippen LogP contribution in [0.25, 0.3) is 0 Å². The van der Waals surface area contributed by atoms with Crippen molar-refractivity contribution in [2.45, 2.75) is 44.0 Å². The van der Waals surface area contributed by atoms with Crippen molar-refractivity contribution in [1.82, 2.24) is 24.5 Å². The van der Waals surface area contributed by atoms with E-state index in [1.54, 1.807) is 6.08 Å². The highest BCUT2D eigenvalue weighted by Crippen LogP contribution is 2.26. The number of nitrogens with zero attached hydrogens (tertiary/aromatic N) is 6. The normalized spacial score (nSPS) is 11.9. The Kier molecular flexibility index (Phi) is 6.65. The van der Waals surface area contributed by atoms with Crippen LogP contribution in [0.5, 0.6) is 5.75 Å². The summed E-state index contributed by atoms with van der Waals surface area (Å²) < 4.78 is 9.44. The molecule has 0 N–H and O–H groups in total. The molecular weight excluding hydrogens is 392 g/mol. The average molecular weight is 414 g/mol. The summed E-state index contributed by atoms with van der Waals surface area (Å²) in [7, 11) is 0. The fourth-order valence-electron chi connectivity index (χ4n) is 2.71. The van der Waals surface area contributed by atoms with Crippen LogP contribution in [0.3, 0.4) is 0 Å². The minimum absolute atomic E-state index is 0.0463. The predicted octanol–water partition coefficient (Wildman–Crippen LogP) is 4.02. The number of ether oxygens (including phenoxy) is 1. The van der Waals surface area contributed by atoms with Gasteiger partial charge in [0.25, 0.3) is 0 Å². The number of allylic oxidation sites excluding steroid dienone is 1. The zero-order valence-corrected chi connectivity index (χ0v) is 17.1. The van der Waals surface area contributed by atoms with Crippen LogP contribution < -0.4 is 4.74 Å². The van der Waals surface area contributed by atoms with Gasteiger partial charge in [0.2, 0.25) is 0 Å². The lowest BCUT2D eigenvalue weighted by molar-refractivity contribution is -0.385. The number of hydrogen-bond donors (Lipinski definition) is 0. The topological polar surface area (TPSA) is 101 Å². The molecule has 2 heterocycles. The van der Waals surface area contributed by atoms with Gasteiger partial charge in [0.1, 0.15) is 18.1 Å². The number of aryl methyl sites for hydroxylation is 1. The third kappa shape index (κ3) is 5.02. The number of nitro groups is 1. The predicted molar refractivity (Wildman–Crippen MR) is 110 cm³/mol. The van der Waals surface area contributed by atoms with Crippen LogP contribution in [0.4, 0.5) is 5.69 Å². The molecule has 0 radical (unpaired) electrons. The Labute approximate surface area is 172 Å². The Bertz CT molecular complexity index is 982. The Morgan fingerprint density at radius 2 is 2.10 bits per heavy atom. The van der Waals surface area contributed by atoms with E-state index in [2.05, 4.69) is 28.8 Å². The van der Waals surface area contributed by atoms with Crippen molar-refractivity contribution >= 4 is 17.4 Å². The maximum atomic E-state index is 10.8. The molecule has 0 spiro atoms. The molecule has 1 atom stereocenters. The highest BCUT2D eigenvalue weighted by atomic mass is 32.2. The van der Waals surface area contributed by atoms with Gasteiger partial charge in [-0.15, -0.1) is 16.8 Å². The van der Waals surface area contributed by atoms with Crippen LogP contribution in [0.2, 0.25) is 0 Å². The Morgan fingerprint density at radius 3 is 2.72 bits per heavy atom. The van der Waals surface area contributed by atoms with E-state index in [9.17, 15) is 10.1 Å². The lowest BCUT2D eigenvalue weighted by atomic mass is 10.2. The van der Waals surface area contributed by atoms with Gasteiger partial charge in [-0.05, 0) is 31.0 Å². The van der Waals surface area contributed by atoms with Gasteiger partial charge in [-0.2, -0.15) is 5.10 Å². The maximum absolute atomic E-state index is 10.8. The van der Waals surface area contributed by atoms with Crippen LogP contribution in [0.15, 0.2) is 54.5 Å². The summed E-state index contributed by atoms with van der Waals surface area (Å²) in [5, 5.41) is 24.0. The zero-order valence-electron chi connectivity index (χ0n) is 16.3. The Morgan fingerprint density at radius 1 is 1.34 bits per heavy atom. The van der Waals surface area contributed by atoms with Crippen LogP contribution >= 0.6 is 11.8 Å². The first-order valence-corrected chi connectivity index (χ1v) is 10.1. The molecule has 0 aliphatic carbocycles. The zero-order chi connectivity index (χ0) is 20.8. The van der Waals surface area contributed by atoms with Crippen molar-refractivity contribution < 1.29 is 9.66 Å². The van der Waals surface area contributed by atoms with Gasteiger partial charge in [0.15, 0.2) is 17.1 Å². The quantitative estimate of drug-likeness (QED) is 0.214. The van der Waals surface area contributed by atoms with Gasteiger partial charge in [-0.25, -0.2) is 0 Å². The van der Waals surface area contributed by atoms with Gasteiger partial charge in [-0.3, -0.25) is 19.4 Å². The van der Waals surface area contributed by atoms with Gasteiger partial charge in [0.05, 0.1) is 10.8 Å². The smallest absolute Gasteiger partial charge is 0.307 e. The summed E-state index contributed by atoms with van der Waals surface area (Å²) in [6, 6.07) is 7.98. The number of aromatic nitrogens is 5. The van der Waals surface area contributed by atoms with Gasteiger partial charge in [-0.1, -0.05) is 36.9 Å². The van der Waals surface area contributed by atoms with Crippen molar-refractivity contribution in [3.05, 3.63) is 70.8 Å². The standard InChI is InChI=1S/C19H22N6O3S/c1-4-10-24-18(14(3)28-17-8-6-15(5-2)7-9-17)21-22-19(24)29-13-23-12-16(11-20-23)25(26)27/h4,6-9,11-12,14H,1,5,10,13H2,2-3H3. The molecule has 10 heteroatoms. The summed E-state index contributed by atoms with van der Waals surface area (Å²) in [4.78, 5) is 10.3. The summed E-state index contributed by atoms with van der Waals surface area (Å²) in [6.07, 6.45) is 5.03. The summed E-state index contributed by atoms with van der Waals surface area (Å²) in [5.41, 5.74) is 1.20. The number of rotatable bonds is 10. The van der Waals surface area contributed by atoms with Gasteiger partial charge >= 0.3 is 5.69 Å². The molecule has 0 fully saturated rings. The van der Waals surface area contributed by atoms with E-state index in [-0.39, 0.29) is 11.8 Å². The number of benzene rings is 1. The lowest BCUT2D eigenvalue weighted by Gasteiger charge is -2.16. The molecule has 0 aliphatic heterocycles. The molecule has 0 saturated heterocycles. The second-order valence-corrected chi connectivity index (χ2v) is 7.18. The lowest BCUT2D eigenvalue weighted by Crippen LogP contribution is -2.12. The number of thioether (sulfide) groups is 1. The van der Waals surface area contributed by atoms with E-state index in [1.165, 1.54) is 34.4 Å². The molecule has 9 nitrogen and oxygen atoms in total. The summed E-state index contributed by atoms with van der Waals surface area (Å²) in [6.45, 7) is 8.35. The molecule has 0 aliphatic rings. The fraction of sp³-hybridized carbons (Fsp3) is 0.316. The SMILES string of the molecule is C=CCn1c(SCn2cc([N+](=O)[O-])cn2)nnc1C(C)Oc1ccc(CC)cc1. The van der Waals surface area contributed by atoms with E-state index >= 15 is 0 Å². The third-order valence-electron chi connectivity index (χ3n) is 4.22. The minimum atomic E-state index is -0.474. The van der Waals surface area contributed by atoms with Crippen LogP contribution in [0, 0.1) is 10.1 Å². The van der Waals surface area contributed by atoms with E-state index < -0.39 is 4.92 Å². The van der Waals surface area contributed by atoms with Crippen molar-refractivity contribution in [2.75, 3.05) is 0 Å². The molecular formula is C19H22N6O3S. The first kappa shape index (κ1) is 20.6. The van der Waals surface area contributed by atoms with Crippen LogP contribution in [-0.4, -0.2) is 29.5 Å².